The molecule has 0 spiro atoms. The van der Waals surface area contributed by atoms with Crippen LogP contribution in [0, 0.1) is 11.2 Å². The Morgan fingerprint density at radius 3 is 2.47 bits per heavy atom. The van der Waals surface area contributed by atoms with Crippen LogP contribution in [0.25, 0.3) is 11.0 Å². The first-order valence-electron chi connectivity index (χ1n) is 12.9. The summed E-state index contributed by atoms with van der Waals surface area (Å²) >= 11 is 18.9. The first-order valence-corrected chi connectivity index (χ1v) is 14.0. The minimum Gasteiger partial charge on any atom is -0.487 e. The van der Waals surface area contributed by atoms with E-state index >= 15 is 0 Å². The summed E-state index contributed by atoms with van der Waals surface area (Å²) in [7, 11) is 1.64. The SMILES string of the molecule is Cn1c(Nc2c(Cl)ccc(CNC(=O)C(C)(C)C)c2Cl)nc2cc(C(=O)Nc3cccc(Cl)c3F)c(OCC(F)F)cc21. The van der Waals surface area contributed by atoms with Crippen molar-refractivity contribution >= 4 is 75.0 Å². The number of rotatable bonds is 9. The Morgan fingerprint density at radius 2 is 1.79 bits per heavy atom. The monoisotopic (exact) mass is 655 g/mol. The summed E-state index contributed by atoms with van der Waals surface area (Å²) in [6.45, 7) is 4.54. The highest BCUT2D eigenvalue weighted by Crippen LogP contribution is 2.37. The van der Waals surface area contributed by atoms with E-state index in [2.05, 4.69) is 20.9 Å². The van der Waals surface area contributed by atoms with Gasteiger partial charge in [0.15, 0.2) is 5.82 Å². The first-order chi connectivity index (χ1) is 20.2. The Kier molecular flexibility index (Phi) is 9.68. The van der Waals surface area contributed by atoms with Gasteiger partial charge in [0.25, 0.3) is 12.3 Å². The number of nitrogens with one attached hydrogen (secondary N) is 3. The quantitative estimate of drug-likeness (QED) is 0.170. The Bertz CT molecular complexity index is 1710. The summed E-state index contributed by atoms with van der Waals surface area (Å²) in [5.74, 6) is -1.77. The largest absolute Gasteiger partial charge is 0.487 e. The minimum atomic E-state index is -2.81. The van der Waals surface area contributed by atoms with Gasteiger partial charge in [-0.3, -0.25) is 9.59 Å². The van der Waals surface area contributed by atoms with Crippen LogP contribution >= 0.6 is 34.8 Å². The molecule has 0 saturated carbocycles. The van der Waals surface area contributed by atoms with Gasteiger partial charge in [-0.15, -0.1) is 0 Å². The van der Waals surface area contributed by atoms with Crippen LogP contribution in [0.3, 0.4) is 0 Å². The molecule has 4 aromatic rings. The molecule has 0 bridgehead atoms. The van der Waals surface area contributed by atoms with Gasteiger partial charge >= 0.3 is 0 Å². The number of ether oxygens (including phenoxy) is 1. The van der Waals surface area contributed by atoms with Gasteiger partial charge in [0, 0.05) is 25.1 Å². The van der Waals surface area contributed by atoms with Gasteiger partial charge in [-0.2, -0.15) is 0 Å². The molecule has 0 aliphatic rings. The molecule has 43 heavy (non-hydrogen) atoms. The van der Waals surface area contributed by atoms with Crippen molar-refractivity contribution < 1.29 is 27.5 Å². The van der Waals surface area contributed by atoms with E-state index in [0.717, 1.165) is 0 Å². The lowest BCUT2D eigenvalue weighted by molar-refractivity contribution is -0.128. The highest BCUT2D eigenvalue weighted by molar-refractivity contribution is 6.39. The van der Waals surface area contributed by atoms with Gasteiger partial charge in [-0.25, -0.2) is 18.2 Å². The molecule has 0 radical (unpaired) electrons. The van der Waals surface area contributed by atoms with Gasteiger partial charge in [0.2, 0.25) is 11.9 Å². The predicted molar refractivity (Wildman–Crippen MR) is 163 cm³/mol. The number of hydrogen-bond donors (Lipinski definition) is 3. The fraction of sp³-hybridized carbons (Fsp3) is 0.276. The van der Waals surface area contributed by atoms with Crippen molar-refractivity contribution in [3.8, 4) is 5.75 Å². The van der Waals surface area contributed by atoms with Crippen molar-refractivity contribution in [2.75, 3.05) is 17.2 Å². The topological polar surface area (TPSA) is 97.3 Å². The summed E-state index contributed by atoms with van der Waals surface area (Å²) < 4.78 is 47.4. The van der Waals surface area contributed by atoms with E-state index in [0.29, 0.717) is 16.8 Å². The number of alkyl halides is 2. The van der Waals surface area contributed by atoms with Crippen molar-refractivity contribution in [2.45, 2.75) is 33.7 Å². The molecule has 4 rings (SSSR count). The number of carbonyl (C=O) groups is 2. The molecular formula is C29H27Cl3F3N5O3. The number of fused-ring (bicyclic) bond motifs is 1. The van der Waals surface area contributed by atoms with Crippen LogP contribution in [-0.2, 0) is 18.4 Å². The minimum absolute atomic E-state index is 0.153. The van der Waals surface area contributed by atoms with Crippen LogP contribution < -0.4 is 20.7 Å². The molecule has 0 atom stereocenters. The zero-order valence-electron chi connectivity index (χ0n) is 23.4. The van der Waals surface area contributed by atoms with Crippen LogP contribution in [-0.4, -0.2) is 34.4 Å². The number of aryl methyl sites for hydroxylation is 1. The molecule has 1 aromatic heterocycles. The summed E-state index contributed by atoms with van der Waals surface area (Å²) in [4.78, 5) is 30.0. The molecule has 0 aliphatic carbocycles. The van der Waals surface area contributed by atoms with Gasteiger partial charge in [-0.05, 0) is 29.8 Å². The fourth-order valence-corrected chi connectivity index (χ4v) is 4.68. The van der Waals surface area contributed by atoms with Crippen LogP contribution in [0.5, 0.6) is 5.75 Å². The van der Waals surface area contributed by atoms with Crippen LogP contribution in [0.2, 0.25) is 15.1 Å². The van der Waals surface area contributed by atoms with Crippen molar-refractivity contribution in [3.05, 3.63) is 74.5 Å². The van der Waals surface area contributed by atoms with Crippen LogP contribution in [0.15, 0.2) is 42.5 Å². The number of anilines is 3. The Morgan fingerprint density at radius 1 is 1.07 bits per heavy atom. The predicted octanol–water partition coefficient (Wildman–Crippen LogP) is 7.97. The number of imidazole rings is 1. The molecule has 0 fully saturated rings. The van der Waals surface area contributed by atoms with E-state index in [4.69, 9.17) is 39.5 Å². The third-order valence-corrected chi connectivity index (χ3v) is 7.36. The first kappa shape index (κ1) is 32.2. The molecular weight excluding hydrogens is 630 g/mol. The number of amides is 2. The molecule has 3 aromatic carbocycles. The van der Waals surface area contributed by atoms with E-state index in [1.807, 2.05) is 0 Å². The second kappa shape index (κ2) is 12.9. The second-order valence-corrected chi connectivity index (χ2v) is 11.7. The third kappa shape index (κ3) is 7.29. The van der Waals surface area contributed by atoms with E-state index < -0.39 is 30.2 Å². The lowest BCUT2D eigenvalue weighted by atomic mass is 9.95. The molecule has 14 heteroatoms. The molecule has 0 unspecified atom stereocenters. The fourth-order valence-electron chi connectivity index (χ4n) is 3.97. The lowest BCUT2D eigenvalue weighted by Crippen LogP contribution is -2.34. The van der Waals surface area contributed by atoms with Crippen molar-refractivity contribution in [2.24, 2.45) is 12.5 Å². The average molecular weight is 657 g/mol. The number of halogens is 6. The number of carbonyl (C=O) groups excluding carboxylic acids is 2. The molecule has 8 nitrogen and oxygen atoms in total. The summed E-state index contributed by atoms with van der Waals surface area (Å²) in [6, 6.07) is 10.1. The lowest BCUT2D eigenvalue weighted by Gasteiger charge is -2.19. The normalized spacial score (nSPS) is 11.6. The number of aromatic nitrogens is 2. The number of nitrogens with zero attached hydrogens (tertiary/aromatic N) is 2. The Balaban J connectivity index is 1.70. The van der Waals surface area contributed by atoms with Gasteiger partial charge < -0.3 is 25.3 Å². The van der Waals surface area contributed by atoms with Gasteiger partial charge in [0.05, 0.1) is 43.0 Å². The number of benzene rings is 3. The molecule has 1 heterocycles. The Labute approximate surface area is 260 Å². The smallest absolute Gasteiger partial charge is 0.272 e. The molecule has 3 N–H and O–H groups in total. The van der Waals surface area contributed by atoms with E-state index in [-0.39, 0.29) is 56.0 Å². The summed E-state index contributed by atoms with van der Waals surface area (Å²) in [5, 5.41) is 8.62. The van der Waals surface area contributed by atoms with Crippen LogP contribution in [0.4, 0.5) is 30.5 Å². The summed E-state index contributed by atoms with van der Waals surface area (Å²) in [6.07, 6.45) is -2.81. The van der Waals surface area contributed by atoms with E-state index in [1.54, 1.807) is 44.5 Å². The van der Waals surface area contributed by atoms with Crippen molar-refractivity contribution in [1.29, 1.82) is 0 Å². The highest BCUT2D eigenvalue weighted by Gasteiger charge is 2.23. The van der Waals surface area contributed by atoms with Crippen molar-refractivity contribution in [1.82, 2.24) is 14.9 Å². The van der Waals surface area contributed by atoms with Gasteiger partial charge in [-0.1, -0.05) is 67.7 Å². The molecule has 2 amide bonds. The zero-order chi connectivity index (χ0) is 31.6. The van der Waals surface area contributed by atoms with E-state index in [1.165, 1.54) is 30.3 Å². The standard InChI is InChI=1S/C29H27Cl3F3N5O3/c1-29(2,3)27(42)36-12-14-8-9-17(31)25(23(14)32)39-28-38-19-10-15(21(43-13-22(33)34)11-20(19)40(28)4)26(41)37-18-7-5-6-16(30)24(18)35/h5-11,22H,12-13H2,1-4H3,(H,36,42)(H,37,41)(H,38,39). The average Bonchev–Trinajstić information content (AvgIpc) is 3.24. The Hall–Kier alpha value is -3.67. The maximum Gasteiger partial charge on any atom is 0.272 e. The number of hydrogen-bond acceptors (Lipinski definition) is 5. The zero-order valence-corrected chi connectivity index (χ0v) is 25.7. The highest BCUT2D eigenvalue weighted by atomic mass is 35.5. The third-order valence-electron chi connectivity index (χ3n) is 6.32. The molecule has 228 valence electrons. The van der Waals surface area contributed by atoms with Crippen molar-refractivity contribution in [3.63, 3.8) is 0 Å². The van der Waals surface area contributed by atoms with E-state index in [9.17, 15) is 22.8 Å². The maximum absolute atomic E-state index is 14.4. The summed E-state index contributed by atoms with van der Waals surface area (Å²) in [5.41, 5.74) is 0.648. The van der Waals surface area contributed by atoms with Crippen LogP contribution in [0.1, 0.15) is 36.7 Å². The molecule has 0 saturated heterocycles. The second-order valence-electron chi connectivity index (χ2n) is 10.5. The molecule has 0 aliphatic heterocycles. The van der Waals surface area contributed by atoms with Gasteiger partial charge in [0.1, 0.15) is 12.4 Å². The maximum atomic E-state index is 14.4.